The molecule has 0 fully saturated rings. The van der Waals surface area contributed by atoms with Crippen LogP contribution in [-0.4, -0.2) is 43.8 Å². The lowest BCUT2D eigenvalue weighted by Gasteiger charge is -2.40. The number of nitrogens with zero attached hydrogens (tertiary/aromatic N) is 1. The summed E-state index contributed by atoms with van der Waals surface area (Å²) >= 11 is 0. The molecule has 1 aromatic rings. The van der Waals surface area contributed by atoms with Crippen LogP contribution in [0.1, 0.15) is 76.7 Å². The Morgan fingerprint density at radius 3 is 2.17 bits per heavy atom. The molecule has 0 aliphatic rings. The van der Waals surface area contributed by atoms with Gasteiger partial charge in [0.15, 0.2) is 0 Å². The molecule has 1 amide bonds. The summed E-state index contributed by atoms with van der Waals surface area (Å²) in [5, 5.41) is 0. The number of carbonyl (C=O) groups excluding carboxylic acids is 2. The third kappa shape index (κ3) is 8.00. The highest BCUT2D eigenvalue weighted by atomic mass is 16.6. The van der Waals surface area contributed by atoms with Crippen molar-refractivity contribution < 1.29 is 19.1 Å². The van der Waals surface area contributed by atoms with Gasteiger partial charge in [0.1, 0.15) is 0 Å². The summed E-state index contributed by atoms with van der Waals surface area (Å²) < 4.78 is 11.0. The zero-order valence-electron chi connectivity index (χ0n) is 20.0. The molecule has 30 heavy (non-hydrogen) atoms. The normalized spacial score (nSPS) is 13.2. The second-order valence-corrected chi connectivity index (χ2v) is 9.03. The molecule has 5 nitrogen and oxygen atoms in total. The van der Waals surface area contributed by atoms with Gasteiger partial charge in [-0.15, -0.1) is 0 Å². The van der Waals surface area contributed by atoms with E-state index >= 15 is 0 Å². The van der Waals surface area contributed by atoms with E-state index in [2.05, 4.69) is 34.6 Å². The van der Waals surface area contributed by atoms with Crippen molar-refractivity contribution in [2.45, 2.75) is 67.2 Å². The van der Waals surface area contributed by atoms with Gasteiger partial charge in [-0.2, -0.15) is 0 Å². The molecule has 0 aromatic heterocycles. The minimum atomic E-state index is -0.343. The van der Waals surface area contributed by atoms with Crippen LogP contribution >= 0.6 is 0 Å². The Kier molecular flexibility index (Phi) is 10.9. The number of rotatable bonds is 12. The fraction of sp³-hybridized carbons (Fsp3) is 0.680. The third-order valence-electron chi connectivity index (χ3n) is 5.79. The molecular weight excluding hydrogens is 378 g/mol. The van der Waals surface area contributed by atoms with E-state index in [1.807, 2.05) is 24.3 Å². The summed E-state index contributed by atoms with van der Waals surface area (Å²) in [6.07, 6.45) is 3.60. The molecule has 1 unspecified atom stereocenters. The van der Waals surface area contributed by atoms with E-state index in [1.165, 1.54) is 5.56 Å². The van der Waals surface area contributed by atoms with Gasteiger partial charge >= 0.3 is 12.1 Å². The maximum atomic E-state index is 12.7. The summed E-state index contributed by atoms with van der Waals surface area (Å²) in [6.45, 7) is 13.7. The van der Waals surface area contributed by atoms with E-state index in [4.69, 9.17) is 9.47 Å². The zero-order valence-corrected chi connectivity index (χ0v) is 20.0. The molecule has 0 saturated heterocycles. The van der Waals surface area contributed by atoms with Crippen LogP contribution in [0, 0.1) is 17.3 Å². The molecule has 0 N–H and O–H groups in total. The van der Waals surface area contributed by atoms with Gasteiger partial charge in [0.2, 0.25) is 0 Å². The molecular formula is C25H41NO4. The van der Waals surface area contributed by atoms with Crippen LogP contribution in [0.25, 0.3) is 0 Å². The molecule has 5 heteroatoms. The fourth-order valence-electron chi connectivity index (χ4n) is 3.57. The number of hydrogen-bond donors (Lipinski definition) is 0. The van der Waals surface area contributed by atoms with E-state index in [-0.39, 0.29) is 30.0 Å². The molecule has 1 rings (SSSR count). The first-order chi connectivity index (χ1) is 14.1. The standard InChI is InChI=1S/C25H41NO4/c1-8-10-21-11-13-22(14-12-21)23(27)30-18-25(20(5)6,16-15-19(3)4)17-26(7)24(28)29-9-2/h11-14,19-20H,8-10,15-18H2,1-7H3. The van der Waals surface area contributed by atoms with E-state index in [9.17, 15) is 9.59 Å². The number of ether oxygens (including phenoxy) is 2. The Bertz CT molecular complexity index is 654. The van der Waals surface area contributed by atoms with E-state index in [1.54, 1.807) is 18.9 Å². The number of hydrogen-bond acceptors (Lipinski definition) is 4. The summed E-state index contributed by atoms with van der Waals surface area (Å²) in [7, 11) is 1.75. The van der Waals surface area contributed by atoms with Gasteiger partial charge in [0, 0.05) is 19.0 Å². The lowest BCUT2D eigenvalue weighted by Crippen LogP contribution is -2.46. The number of carbonyl (C=O) groups is 2. The van der Waals surface area contributed by atoms with Crippen LogP contribution in [0.5, 0.6) is 0 Å². The Morgan fingerprint density at radius 2 is 1.67 bits per heavy atom. The van der Waals surface area contributed by atoms with Gasteiger partial charge in [0.25, 0.3) is 0 Å². The van der Waals surface area contributed by atoms with Crippen molar-refractivity contribution in [3.05, 3.63) is 35.4 Å². The van der Waals surface area contributed by atoms with Gasteiger partial charge in [-0.25, -0.2) is 9.59 Å². The van der Waals surface area contributed by atoms with Gasteiger partial charge in [0.05, 0.1) is 18.8 Å². The van der Waals surface area contributed by atoms with Crippen LogP contribution in [0.2, 0.25) is 0 Å². The smallest absolute Gasteiger partial charge is 0.409 e. The van der Waals surface area contributed by atoms with Gasteiger partial charge in [-0.05, 0) is 49.3 Å². The van der Waals surface area contributed by atoms with Crippen molar-refractivity contribution in [2.75, 3.05) is 26.8 Å². The van der Waals surface area contributed by atoms with Crippen molar-refractivity contribution in [3.63, 3.8) is 0 Å². The number of esters is 1. The Labute approximate surface area is 183 Å². The lowest BCUT2D eigenvalue weighted by atomic mass is 9.72. The summed E-state index contributed by atoms with van der Waals surface area (Å²) in [5.74, 6) is 0.442. The van der Waals surface area contributed by atoms with Crippen LogP contribution in [0.15, 0.2) is 24.3 Å². The maximum Gasteiger partial charge on any atom is 0.409 e. The quantitative estimate of drug-likeness (QED) is 0.392. The second kappa shape index (κ2) is 12.6. The van der Waals surface area contributed by atoms with Crippen molar-refractivity contribution in [2.24, 2.45) is 17.3 Å². The first kappa shape index (κ1) is 26.0. The van der Waals surface area contributed by atoms with Gasteiger partial charge in [-0.3, -0.25) is 0 Å². The second-order valence-electron chi connectivity index (χ2n) is 9.03. The van der Waals surface area contributed by atoms with Crippen molar-refractivity contribution in [1.29, 1.82) is 0 Å². The number of benzene rings is 1. The van der Waals surface area contributed by atoms with Crippen LogP contribution in [-0.2, 0) is 15.9 Å². The highest BCUT2D eigenvalue weighted by molar-refractivity contribution is 5.89. The summed E-state index contributed by atoms with van der Waals surface area (Å²) in [5.41, 5.74) is 1.46. The molecule has 0 spiro atoms. The Hall–Kier alpha value is -2.04. The predicted molar refractivity (Wildman–Crippen MR) is 122 cm³/mol. The highest BCUT2D eigenvalue weighted by Gasteiger charge is 2.38. The van der Waals surface area contributed by atoms with Gasteiger partial charge < -0.3 is 14.4 Å². The predicted octanol–water partition coefficient (Wildman–Crippen LogP) is 5.96. The molecule has 0 bridgehead atoms. The van der Waals surface area contributed by atoms with Crippen LogP contribution in [0.3, 0.4) is 0 Å². The van der Waals surface area contributed by atoms with Crippen molar-refractivity contribution in [3.8, 4) is 0 Å². The topological polar surface area (TPSA) is 55.8 Å². The largest absolute Gasteiger partial charge is 0.461 e. The Morgan fingerprint density at radius 1 is 1.03 bits per heavy atom. The van der Waals surface area contributed by atoms with Crippen LogP contribution in [0.4, 0.5) is 4.79 Å². The fourth-order valence-corrected chi connectivity index (χ4v) is 3.57. The lowest BCUT2D eigenvalue weighted by molar-refractivity contribution is -0.00393. The average molecular weight is 420 g/mol. The van der Waals surface area contributed by atoms with E-state index < -0.39 is 0 Å². The molecule has 0 aliphatic heterocycles. The molecule has 0 radical (unpaired) electrons. The average Bonchev–Trinajstić information content (AvgIpc) is 2.70. The first-order valence-corrected chi connectivity index (χ1v) is 11.3. The molecule has 0 saturated carbocycles. The van der Waals surface area contributed by atoms with Crippen LogP contribution < -0.4 is 0 Å². The van der Waals surface area contributed by atoms with E-state index in [0.717, 1.165) is 25.7 Å². The molecule has 1 atom stereocenters. The van der Waals surface area contributed by atoms with Gasteiger partial charge in [-0.1, -0.05) is 59.6 Å². The minimum absolute atomic E-state index is 0.229. The maximum absolute atomic E-state index is 12.7. The van der Waals surface area contributed by atoms with Crippen molar-refractivity contribution in [1.82, 2.24) is 4.90 Å². The summed E-state index contributed by atoms with van der Waals surface area (Å²) in [4.78, 5) is 26.5. The van der Waals surface area contributed by atoms with Crippen molar-refractivity contribution >= 4 is 12.1 Å². The minimum Gasteiger partial charge on any atom is -0.461 e. The molecule has 0 aliphatic carbocycles. The Balaban J connectivity index is 2.96. The van der Waals surface area contributed by atoms with E-state index in [0.29, 0.717) is 24.6 Å². The molecule has 1 aromatic carbocycles. The first-order valence-electron chi connectivity index (χ1n) is 11.3. The molecule has 0 heterocycles. The molecule has 170 valence electrons. The third-order valence-corrected chi connectivity index (χ3v) is 5.79. The summed E-state index contributed by atoms with van der Waals surface area (Å²) in [6, 6.07) is 7.65. The monoisotopic (exact) mass is 419 g/mol. The number of amides is 1. The zero-order chi connectivity index (χ0) is 22.7. The number of aryl methyl sites for hydroxylation is 1. The SMILES string of the molecule is CCCc1ccc(C(=O)OCC(CCC(C)C)(CN(C)C(=O)OCC)C(C)C)cc1. The highest BCUT2D eigenvalue weighted by Crippen LogP contribution is 2.36.